The van der Waals surface area contributed by atoms with E-state index in [1.54, 1.807) is 12.2 Å². The van der Waals surface area contributed by atoms with Crippen LogP contribution in [0.15, 0.2) is 0 Å². The van der Waals surface area contributed by atoms with Gasteiger partial charge in [0, 0.05) is 19.2 Å². The average molecular weight is 171 g/mol. The van der Waals surface area contributed by atoms with Gasteiger partial charge in [-0.25, -0.2) is 0 Å². The van der Waals surface area contributed by atoms with E-state index in [2.05, 4.69) is 0 Å². The zero-order valence-electron chi connectivity index (χ0n) is 7.57. The molecule has 0 unspecified atom stereocenters. The van der Waals surface area contributed by atoms with Crippen LogP contribution in [-0.2, 0) is 4.74 Å². The molecule has 0 amide bonds. The van der Waals surface area contributed by atoms with E-state index >= 15 is 0 Å². The predicted molar refractivity (Wildman–Crippen MR) is 45.1 cm³/mol. The number of rotatable bonds is 1. The van der Waals surface area contributed by atoms with Gasteiger partial charge in [-0.1, -0.05) is 6.42 Å². The minimum atomic E-state index is 0.363. The summed E-state index contributed by atoms with van der Waals surface area (Å²) >= 11 is 0. The summed E-state index contributed by atoms with van der Waals surface area (Å²) in [6.07, 6.45) is 5.92. The molecule has 0 aliphatic carbocycles. The number of methoxy groups -OCH3 is 1. The number of nitrogens with zero attached hydrogens (tertiary/aromatic N) is 1. The van der Waals surface area contributed by atoms with Crippen LogP contribution in [0, 0.1) is 0 Å². The van der Waals surface area contributed by atoms with Crippen LogP contribution in [-0.4, -0.2) is 35.6 Å². The quantitative estimate of drug-likeness (QED) is 0.647. The maximum Gasteiger partial charge on any atom is 0.0603 e. The number of hydroxylamine groups is 2. The summed E-state index contributed by atoms with van der Waals surface area (Å²) in [6, 6.07) is 0.727. The summed E-state index contributed by atoms with van der Waals surface area (Å²) in [5.74, 6) is 0. The summed E-state index contributed by atoms with van der Waals surface area (Å²) < 4.78 is 5.34. The number of ether oxygens (including phenoxy) is 1. The second kappa shape index (κ2) is 3.32. The zero-order chi connectivity index (χ0) is 8.55. The first-order valence-electron chi connectivity index (χ1n) is 4.81. The Balaban J connectivity index is 2.02. The Morgan fingerprint density at radius 3 is 2.33 bits per heavy atom. The molecule has 2 aliphatic rings. The molecule has 2 heterocycles. The Morgan fingerprint density at radius 2 is 1.83 bits per heavy atom. The highest BCUT2D eigenvalue weighted by atomic mass is 16.5. The lowest BCUT2D eigenvalue weighted by molar-refractivity contribution is -0.212. The van der Waals surface area contributed by atoms with Crippen LogP contribution in [0.2, 0.25) is 0 Å². The highest BCUT2D eigenvalue weighted by molar-refractivity contribution is 4.88. The maximum absolute atomic E-state index is 9.68. The van der Waals surface area contributed by atoms with E-state index in [4.69, 9.17) is 4.74 Å². The Labute approximate surface area is 73.3 Å². The Bertz CT molecular complexity index is 149. The lowest BCUT2D eigenvalue weighted by atomic mass is 9.85. The Kier molecular flexibility index (Phi) is 2.35. The summed E-state index contributed by atoms with van der Waals surface area (Å²) in [5.41, 5.74) is 0. The molecule has 2 bridgehead atoms. The van der Waals surface area contributed by atoms with Crippen molar-refractivity contribution < 1.29 is 9.94 Å². The monoisotopic (exact) mass is 171 g/mol. The number of fused-ring (bicyclic) bond motifs is 2. The van der Waals surface area contributed by atoms with Crippen molar-refractivity contribution in [2.24, 2.45) is 0 Å². The van der Waals surface area contributed by atoms with E-state index in [0.717, 1.165) is 25.7 Å². The molecule has 2 saturated heterocycles. The third-order valence-electron chi connectivity index (χ3n) is 3.23. The topological polar surface area (TPSA) is 32.7 Å². The molecule has 3 nitrogen and oxygen atoms in total. The van der Waals surface area contributed by atoms with Gasteiger partial charge in [-0.15, -0.1) is 0 Å². The molecule has 3 heteroatoms. The molecule has 0 aromatic carbocycles. The van der Waals surface area contributed by atoms with Crippen molar-refractivity contribution >= 4 is 0 Å². The minimum absolute atomic E-state index is 0.363. The zero-order valence-corrected chi connectivity index (χ0v) is 7.57. The minimum Gasteiger partial charge on any atom is -0.381 e. The molecule has 2 rings (SSSR count). The Hall–Kier alpha value is -0.120. The molecule has 0 aromatic heterocycles. The highest BCUT2D eigenvalue weighted by Crippen LogP contribution is 2.33. The van der Waals surface area contributed by atoms with Gasteiger partial charge in [0.2, 0.25) is 0 Å². The van der Waals surface area contributed by atoms with Gasteiger partial charge in [0.1, 0.15) is 0 Å². The van der Waals surface area contributed by atoms with Crippen LogP contribution >= 0.6 is 0 Å². The summed E-state index contributed by atoms with van der Waals surface area (Å²) in [5, 5.41) is 11.2. The molecular weight excluding hydrogens is 154 g/mol. The highest BCUT2D eigenvalue weighted by Gasteiger charge is 2.37. The smallest absolute Gasteiger partial charge is 0.0603 e. The number of hydrogen-bond acceptors (Lipinski definition) is 3. The second-order valence-electron chi connectivity index (χ2n) is 3.95. The van der Waals surface area contributed by atoms with Crippen molar-refractivity contribution in [2.45, 2.75) is 50.3 Å². The normalized spacial score (nSPS) is 43.0. The lowest BCUT2D eigenvalue weighted by Gasteiger charge is -2.44. The van der Waals surface area contributed by atoms with Crippen molar-refractivity contribution in [3.05, 3.63) is 0 Å². The molecular formula is C9H17NO2. The molecule has 0 saturated carbocycles. The van der Waals surface area contributed by atoms with Crippen LogP contribution < -0.4 is 0 Å². The van der Waals surface area contributed by atoms with E-state index in [9.17, 15) is 5.21 Å². The summed E-state index contributed by atoms with van der Waals surface area (Å²) in [4.78, 5) is 0. The van der Waals surface area contributed by atoms with Crippen molar-refractivity contribution in [2.75, 3.05) is 7.11 Å². The van der Waals surface area contributed by atoms with Crippen LogP contribution in [0.25, 0.3) is 0 Å². The van der Waals surface area contributed by atoms with Gasteiger partial charge >= 0.3 is 0 Å². The SMILES string of the molecule is CO[C@H]1C[C@H]2CCC[C@@H](C1)N2O. The number of piperidine rings is 2. The van der Waals surface area contributed by atoms with Gasteiger partial charge in [-0.05, 0) is 25.7 Å². The second-order valence-corrected chi connectivity index (χ2v) is 3.95. The molecule has 2 aliphatic heterocycles. The molecule has 0 spiro atoms. The third-order valence-corrected chi connectivity index (χ3v) is 3.23. The molecule has 1 N–H and O–H groups in total. The summed E-state index contributed by atoms with van der Waals surface area (Å²) in [6.45, 7) is 0. The molecule has 0 aromatic rings. The number of hydrogen-bond donors (Lipinski definition) is 1. The average Bonchev–Trinajstić information content (AvgIpc) is 2.04. The van der Waals surface area contributed by atoms with Crippen molar-refractivity contribution in [1.82, 2.24) is 5.06 Å². The molecule has 70 valence electrons. The van der Waals surface area contributed by atoms with Crippen LogP contribution in [0.4, 0.5) is 0 Å². The fraction of sp³-hybridized carbons (Fsp3) is 1.00. The van der Waals surface area contributed by atoms with Crippen LogP contribution in [0.1, 0.15) is 32.1 Å². The van der Waals surface area contributed by atoms with E-state index < -0.39 is 0 Å². The Morgan fingerprint density at radius 1 is 1.25 bits per heavy atom. The first-order valence-corrected chi connectivity index (χ1v) is 4.81. The third kappa shape index (κ3) is 1.37. The molecule has 3 atom stereocenters. The van der Waals surface area contributed by atoms with Gasteiger partial charge in [0.25, 0.3) is 0 Å². The van der Waals surface area contributed by atoms with Crippen LogP contribution in [0.5, 0.6) is 0 Å². The maximum atomic E-state index is 9.68. The fourth-order valence-electron chi connectivity index (χ4n) is 2.50. The first kappa shape index (κ1) is 8.48. The van der Waals surface area contributed by atoms with E-state index in [1.165, 1.54) is 6.42 Å². The van der Waals surface area contributed by atoms with Crippen molar-refractivity contribution in [1.29, 1.82) is 0 Å². The van der Waals surface area contributed by atoms with E-state index in [0.29, 0.717) is 18.2 Å². The van der Waals surface area contributed by atoms with Gasteiger partial charge in [-0.2, -0.15) is 5.06 Å². The van der Waals surface area contributed by atoms with E-state index in [-0.39, 0.29) is 0 Å². The molecule has 12 heavy (non-hydrogen) atoms. The largest absolute Gasteiger partial charge is 0.381 e. The predicted octanol–water partition coefficient (Wildman–Crippen LogP) is 1.41. The summed E-state index contributed by atoms with van der Waals surface area (Å²) in [7, 11) is 1.77. The van der Waals surface area contributed by atoms with Crippen molar-refractivity contribution in [3.8, 4) is 0 Å². The van der Waals surface area contributed by atoms with Gasteiger partial charge in [0.05, 0.1) is 6.10 Å². The van der Waals surface area contributed by atoms with E-state index in [1.807, 2.05) is 0 Å². The van der Waals surface area contributed by atoms with Gasteiger partial charge in [0.15, 0.2) is 0 Å². The van der Waals surface area contributed by atoms with Crippen molar-refractivity contribution in [3.63, 3.8) is 0 Å². The first-order chi connectivity index (χ1) is 5.81. The van der Waals surface area contributed by atoms with Gasteiger partial charge in [-0.3, -0.25) is 0 Å². The lowest BCUT2D eigenvalue weighted by Crippen LogP contribution is -2.51. The van der Waals surface area contributed by atoms with Gasteiger partial charge < -0.3 is 9.94 Å². The molecule has 0 radical (unpaired) electrons. The van der Waals surface area contributed by atoms with Crippen LogP contribution in [0.3, 0.4) is 0 Å². The fourth-order valence-corrected chi connectivity index (χ4v) is 2.50. The molecule has 2 fully saturated rings. The standard InChI is InChI=1S/C9H17NO2/c1-12-9-5-7-3-2-4-8(6-9)10(7)11/h7-9,11H,2-6H2,1H3/t7-,8+,9+.